The lowest BCUT2D eigenvalue weighted by atomic mass is 9.49. The second-order valence-electron chi connectivity index (χ2n) is 9.40. The summed E-state index contributed by atoms with van der Waals surface area (Å²) in [5.74, 6) is 0.350. The molecule has 1 aliphatic heterocycles. The molecule has 0 bridgehead atoms. The number of benzene rings is 1. The van der Waals surface area contributed by atoms with E-state index in [4.69, 9.17) is 37.7 Å². The van der Waals surface area contributed by atoms with Crippen molar-refractivity contribution in [2.24, 2.45) is 0 Å². The van der Waals surface area contributed by atoms with E-state index < -0.39 is 11.1 Å². The molecule has 1 aromatic carbocycles. The largest absolute Gasteiger partial charge is 0.494 e. The van der Waals surface area contributed by atoms with Gasteiger partial charge in [0.25, 0.3) is 11.8 Å². The summed E-state index contributed by atoms with van der Waals surface area (Å²) >= 11 is 1.24. The molecule has 3 aromatic heterocycles. The van der Waals surface area contributed by atoms with Gasteiger partial charge < -0.3 is 35.1 Å². The van der Waals surface area contributed by atoms with Gasteiger partial charge in [0.2, 0.25) is 5.88 Å². The van der Waals surface area contributed by atoms with Crippen LogP contribution in [0.25, 0.3) is 11.3 Å². The summed E-state index contributed by atoms with van der Waals surface area (Å²) in [5.41, 5.74) is 1.64. The number of carbonyl (C=O) groups excluding carboxylic acids is 2. The number of methoxy groups -OCH3 is 2. The summed E-state index contributed by atoms with van der Waals surface area (Å²) in [4.78, 5) is 40.6. The Morgan fingerprint density at radius 3 is 2.48 bits per heavy atom. The number of nitrogens with zero attached hydrogens (tertiary/aromatic N) is 6. The minimum Gasteiger partial charge on any atom is -0.494 e. The SMILES string of the molecule is [B]C([B])([B])NC(=O)c1nnc(Nc2cnc(OC)cn2)cc1Nc1cccc(-c2csc(C(=O)N3CCOCC3)n2)c1OC. The molecule has 3 N–H and O–H groups in total. The van der Waals surface area contributed by atoms with Crippen LogP contribution in [0.4, 0.5) is 23.0 Å². The van der Waals surface area contributed by atoms with Crippen LogP contribution in [0.5, 0.6) is 11.6 Å². The number of carbonyl (C=O) groups is 2. The highest BCUT2D eigenvalue weighted by atomic mass is 32.1. The lowest BCUT2D eigenvalue weighted by molar-refractivity contribution is 0.0302. The second kappa shape index (κ2) is 13.3. The standard InChI is InChI=1S/C26H24B3N9O5S/c1-41-20-12-30-19(11-31-20)34-18-10-16(21(37-36-18)23(39)35-26(27,28)29)32-15-5-3-4-14(22(15)42-2)17-13-44-24(33-17)25(40)38-6-8-43-9-7-38/h3-5,10-13H,6-9H2,1-2H3,(H,35,39)(H2,30,32,34,36). The zero-order valence-electron chi connectivity index (χ0n) is 23.7. The highest BCUT2D eigenvalue weighted by Gasteiger charge is 2.24. The summed E-state index contributed by atoms with van der Waals surface area (Å²) in [6.45, 7) is 1.99. The highest BCUT2D eigenvalue weighted by molar-refractivity contribution is 7.12. The lowest BCUT2D eigenvalue weighted by Crippen LogP contribution is -2.50. The minimum atomic E-state index is -2.01. The molecular weight excluding hydrogens is 583 g/mol. The van der Waals surface area contributed by atoms with Gasteiger partial charge in [0.1, 0.15) is 5.82 Å². The van der Waals surface area contributed by atoms with Crippen LogP contribution in [0.1, 0.15) is 20.3 Å². The van der Waals surface area contributed by atoms with Crippen molar-refractivity contribution in [1.82, 2.24) is 35.4 Å². The number of anilines is 4. The van der Waals surface area contributed by atoms with Crippen molar-refractivity contribution < 1.29 is 23.8 Å². The molecule has 1 fully saturated rings. The van der Waals surface area contributed by atoms with Crippen molar-refractivity contribution in [3.8, 4) is 22.9 Å². The van der Waals surface area contributed by atoms with E-state index in [2.05, 4.69) is 41.1 Å². The first-order valence-corrected chi connectivity index (χ1v) is 14.0. The molecule has 2 amide bonds. The number of morpholine rings is 1. The van der Waals surface area contributed by atoms with E-state index in [9.17, 15) is 9.59 Å². The lowest BCUT2D eigenvalue weighted by Gasteiger charge is -2.25. The maximum absolute atomic E-state index is 13.0. The van der Waals surface area contributed by atoms with Gasteiger partial charge in [-0.15, -0.1) is 21.5 Å². The van der Waals surface area contributed by atoms with Gasteiger partial charge >= 0.3 is 0 Å². The normalized spacial score (nSPS) is 13.2. The van der Waals surface area contributed by atoms with Gasteiger partial charge in [-0.1, -0.05) is 11.3 Å². The van der Waals surface area contributed by atoms with Crippen molar-refractivity contribution >= 4 is 69.7 Å². The third-order valence-electron chi connectivity index (χ3n) is 6.18. The van der Waals surface area contributed by atoms with E-state index in [0.717, 1.165) is 0 Å². The number of hydrogen-bond donors (Lipinski definition) is 3. The number of thiazole rings is 1. The number of amides is 2. The van der Waals surface area contributed by atoms with Gasteiger partial charge in [0.15, 0.2) is 22.3 Å². The Balaban J connectivity index is 1.47. The number of aromatic nitrogens is 5. The Morgan fingerprint density at radius 1 is 1.00 bits per heavy atom. The second-order valence-corrected chi connectivity index (χ2v) is 10.3. The summed E-state index contributed by atoms with van der Waals surface area (Å²) in [6, 6.07) is 6.83. The zero-order valence-corrected chi connectivity index (χ0v) is 24.6. The van der Waals surface area contributed by atoms with Gasteiger partial charge in [-0.3, -0.25) is 9.59 Å². The molecule has 1 saturated heterocycles. The number of nitrogens with one attached hydrogen (secondary N) is 3. The predicted octanol–water partition coefficient (Wildman–Crippen LogP) is 1.21. The van der Waals surface area contributed by atoms with Crippen LogP contribution >= 0.6 is 11.3 Å². The summed E-state index contributed by atoms with van der Waals surface area (Å²) in [6.07, 6.45) is 2.87. The first kappa shape index (κ1) is 30.8. The molecule has 0 spiro atoms. The molecule has 0 aliphatic carbocycles. The fourth-order valence-electron chi connectivity index (χ4n) is 4.19. The van der Waals surface area contributed by atoms with Crippen LogP contribution in [0, 0.1) is 0 Å². The quantitative estimate of drug-likeness (QED) is 0.221. The van der Waals surface area contributed by atoms with Gasteiger partial charge in [0, 0.05) is 30.1 Å². The fraction of sp³-hybridized carbons (Fsp3) is 0.269. The smallest absolute Gasteiger partial charge is 0.283 e. The molecule has 44 heavy (non-hydrogen) atoms. The molecule has 1 aliphatic rings. The van der Waals surface area contributed by atoms with Crippen LogP contribution < -0.4 is 25.4 Å². The predicted molar refractivity (Wildman–Crippen MR) is 165 cm³/mol. The van der Waals surface area contributed by atoms with Crippen molar-refractivity contribution in [3.05, 3.63) is 52.7 Å². The molecule has 5 rings (SSSR count). The third-order valence-corrected chi connectivity index (χ3v) is 7.01. The molecule has 0 saturated carbocycles. The monoisotopic (exact) mass is 607 g/mol. The van der Waals surface area contributed by atoms with Crippen molar-refractivity contribution in [2.75, 3.05) is 51.2 Å². The average molecular weight is 607 g/mol. The van der Waals surface area contributed by atoms with Crippen LogP contribution in [0.2, 0.25) is 0 Å². The van der Waals surface area contributed by atoms with Gasteiger partial charge in [-0.05, 0) is 12.1 Å². The Kier molecular flexibility index (Phi) is 9.30. The summed E-state index contributed by atoms with van der Waals surface area (Å²) in [5, 5.41) is 16.7. The third kappa shape index (κ3) is 7.26. The van der Waals surface area contributed by atoms with Crippen molar-refractivity contribution in [3.63, 3.8) is 0 Å². The van der Waals surface area contributed by atoms with E-state index in [-0.39, 0.29) is 23.1 Å². The van der Waals surface area contributed by atoms with Crippen LogP contribution in [-0.2, 0) is 4.74 Å². The van der Waals surface area contributed by atoms with Gasteiger partial charge in [0.05, 0.1) is 80.4 Å². The summed E-state index contributed by atoms with van der Waals surface area (Å²) in [7, 11) is 19.7. The zero-order chi connectivity index (χ0) is 31.3. The number of rotatable bonds is 10. The molecule has 0 unspecified atom stereocenters. The fourth-order valence-corrected chi connectivity index (χ4v) is 4.97. The van der Waals surface area contributed by atoms with E-state index in [1.54, 1.807) is 28.5 Å². The maximum atomic E-state index is 13.0. The Hall–Kier alpha value is -4.70. The molecule has 4 aromatic rings. The first-order chi connectivity index (χ1) is 21.1. The number of ether oxygens (including phenoxy) is 3. The topological polar surface area (TPSA) is 166 Å². The van der Waals surface area contributed by atoms with Crippen molar-refractivity contribution in [1.29, 1.82) is 0 Å². The molecule has 0 atom stereocenters. The Labute approximate surface area is 260 Å². The summed E-state index contributed by atoms with van der Waals surface area (Å²) < 4.78 is 16.1. The Morgan fingerprint density at radius 2 is 1.80 bits per heavy atom. The molecule has 4 heterocycles. The average Bonchev–Trinajstić information content (AvgIpc) is 3.51. The molecule has 218 valence electrons. The number of para-hydroxylation sites is 1. The molecular formula is C26H24B3N9O5S. The molecule has 14 nitrogen and oxygen atoms in total. The Bertz CT molecular complexity index is 1650. The van der Waals surface area contributed by atoms with Gasteiger partial charge in [-0.2, -0.15) is 0 Å². The van der Waals surface area contributed by atoms with E-state index in [1.165, 1.54) is 44.0 Å². The van der Waals surface area contributed by atoms with Crippen LogP contribution in [0.15, 0.2) is 42.0 Å². The minimum absolute atomic E-state index is 0.159. The van der Waals surface area contributed by atoms with Crippen LogP contribution in [0.3, 0.4) is 0 Å². The first-order valence-electron chi connectivity index (χ1n) is 13.1. The van der Waals surface area contributed by atoms with Gasteiger partial charge in [-0.25, -0.2) is 15.0 Å². The number of hydrogen-bond acceptors (Lipinski definition) is 13. The van der Waals surface area contributed by atoms with E-state index >= 15 is 0 Å². The van der Waals surface area contributed by atoms with E-state index in [1.807, 2.05) is 0 Å². The maximum Gasteiger partial charge on any atom is 0.283 e. The molecule has 18 heteroatoms. The highest BCUT2D eigenvalue weighted by Crippen LogP contribution is 2.39. The van der Waals surface area contributed by atoms with Crippen molar-refractivity contribution in [2.45, 2.75) is 5.24 Å². The van der Waals surface area contributed by atoms with Crippen LogP contribution in [-0.4, -0.2) is 111 Å². The van der Waals surface area contributed by atoms with E-state index in [0.29, 0.717) is 65.7 Å². The molecule has 6 radical (unpaired) electrons.